The number of piperazine rings is 1. The molecule has 3 fully saturated rings. The van der Waals surface area contributed by atoms with Crippen molar-refractivity contribution in [2.45, 2.75) is 37.4 Å². The number of carbonyl (C=O) groups is 5. The highest BCUT2D eigenvalue weighted by Crippen LogP contribution is 2.38. The van der Waals surface area contributed by atoms with Crippen LogP contribution in [0.25, 0.3) is 10.9 Å². The van der Waals surface area contributed by atoms with Gasteiger partial charge in [-0.05, 0) is 42.8 Å². The molecular formula is C40H42ClFN10O7. The summed E-state index contributed by atoms with van der Waals surface area (Å²) >= 11 is 6.52. The van der Waals surface area contributed by atoms with Crippen LogP contribution in [-0.2, 0) is 21.4 Å². The number of carbonyl (C=O) groups excluding carboxylic acids is 5. The minimum Gasteiger partial charge on any atom is -0.478 e. The Bertz CT molecular complexity index is 2450. The molecule has 59 heavy (non-hydrogen) atoms. The van der Waals surface area contributed by atoms with Gasteiger partial charge in [0, 0.05) is 90.2 Å². The highest BCUT2D eigenvalue weighted by molar-refractivity contribution is 6.33. The fraction of sp³-hybridized carbons (Fsp3) is 0.400. The third-order valence-corrected chi connectivity index (χ3v) is 11.7. The summed E-state index contributed by atoms with van der Waals surface area (Å²) in [6.45, 7) is 2.89. The highest BCUT2D eigenvalue weighted by Gasteiger charge is 2.47. The molecule has 0 spiro atoms. The maximum atomic E-state index is 16.4. The number of fused-ring (bicyclic) bond motifs is 2. The number of alkyl halides is 1. The average molecular weight is 829 g/mol. The van der Waals surface area contributed by atoms with E-state index in [0.717, 1.165) is 4.90 Å². The van der Waals surface area contributed by atoms with Gasteiger partial charge in [-0.3, -0.25) is 43.9 Å². The quantitative estimate of drug-likeness (QED) is 0.198. The van der Waals surface area contributed by atoms with Gasteiger partial charge >= 0.3 is 0 Å². The van der Waals surface area contributed by atoms with Crippen molar-refractivity contribution < 1.29 is 33.1 Å². The zero-order chi connectivity index (χ0) is 41.6. The molecular weight excluding hydrogens is 787 g/mol. The van der Waals surface area contributed by atoms with E-state index in [1.54, 1.807) is 43.4 Å². The molecule has 2 aromatic heterocycles. The van der Waals surface area contributed by atoms with Gasteiger partial charge < -0.3 is 29.7 Å². The van der Waals surface area contributed by atoms with E-state index in [9.17, 15) is 28.8 Å². The lowest BCUT2D eigenvalue weighted by atomic mass is 9.91. The molecule has 19 heteroatoms. The molecule has 0 aliphatic carbocycles. The SMILES string of the molecule is CNC(=O)COc1cc2cc(Nc3nc(N4CCN(CC5(F)CCN(c6cccc7c6C(=O)N(C6CCC(=O)NC6=O)C7=O)CC5)CC4)ncc3Cl)ccc2n(C)c1=O. The smallest absolute Gasteiger partial charge is 0.293 e. The van der Waals surface area contributed by atoms with Crippen LogP contribution in [0, 0.1) is 0 Å². The van der Waals surface area contributed by atoms with Crippen LogP contribution in [0.4, 0.5) is 27.5 Å². The number of rotatable bonds is 10. The second-order valence-electron chi connectivity index (χ2n) is 15.1. The standard InChI is InChI=1S/C40H42ClFN10O7/c1-43-32(54)21-59-30-19-23-18-24(6-7-27(23)48(2)37(30)57)45-34-26(41)20-44-39(47-34)51-16-14-49(15-17-51)22-40(42)10-12-50(13-11-40)28-5-3-4-25-33(28)38(58)52(36(25)56)29-8-9-31(53)46-35(29)55/h3-7,18-20,29H,8-17,21-22H2,1-2H3,(H,43,54)(H,44,45,47)(H,46,53,55). The number of imide groups is 2. The zero-order valence-corrected chi connectivity index (χ0v) is 33.2. The Morgan fingerprint density at radius 3 is 2.49 bits per heavy atom. The molecule has 8 rings (SSSR count). The molecule has 4 aliphatic rings. The molecule has 6 heterocycles. The third-order valence-electron chi connectivity index (χ3n) is 11.4. The first-order chi connectivity index (χ1) is 28.3. The maximum Gasteiger partial charge on any atom is 0.293 e. The van der Waals surface area contributed by atoms with Gasteiger partial charge in [-0.1, -0.05) is 17.7 Å². The third kappa shape index (κ3) is 7.76. The van der Waals surface area contributed by atoms with Gasteiger partial charge in [0.1, 0.15) is 16.7 Å². The second-order valence-corrected chi connectivity index (χ2v) is 15.6. The number of piperidine rings is 2. The summed E-state index contributed by atoms with van der Waals surface area (Å²) in [4.78, 5) is 91.9. The molecule has 3 N–H and O–H groups in total. The number of likely N-dealkylation sites (N-methyl/N-ethyl adjacent to an activating group) is 1. The molecule has 4 aromatic rings. The van der Waals surface area contributed by atoms with Crippen molar-refractivity contribution in [3.63, 3.8) is 0 Å². The minimum absolute atomic E-state index is 0.0334. The molecule has 4 aliphatic heterocycles. The number of halogens is 2. The van der Waals surface area contributed by atoms with Crippen molar-refractivity contribution >= 4 is 75.2 Å². The lowest BCUT2D eigenvalue weighted by Gasteiger charge is -2.42. The van der Waals surface area contributed by atoms with Gasteiger partial charge in [0.15, 0.2) is 18.2 Å². The summed E-state index contributed by atoms with van der Waals surface area (Å²) in [7, 11) is 3.11. The van der Waals surface area contributed by atoms with E-state index in [1.165, 1.54) is 17.8 Å². The largest absolute Gasteiger partial charge is 0.478 e. The number of aryl methyl sites for hydroxylation is 1. The van der Waals surface area contributed by atoms with Crippen molar-refractivity contribution in [2.75, 3.05) is 74.6 Å². The lowest BCUT2D eigenvalue weighted by Crippen LogP contribution is -2.54. The summed E-state index contributed by atoms with van der Waals surface area (Å²) in [5, 5.41) is 8.92. The van der Waals surface area contributed by atoms with Crippen molar-refractivity contribution in [3.05, 3.63) is 75.2 Å². The van der Waals surface area contributed by atoms with Gasteiger partial charge in [0.05, 0.1) is 28.5 Å². The zero-order valence-electron chi connectivity index (χ0n) is 32.4. The first-order valence-electron chi connectivity index (χ1n) is 19.3. The number of anilines is 4. The highest BCUT2D eigenvalue weighted by atomic mass is 35.5. The van der Waals surface area contributed by atoms with E-state index < -0.39 is 35.3 Å². The Hall–Kier alpha value is -6.14. The van der Waals surface area contributed by atoms with Crippen molar-refractivity contribution in [1.82, 2.24) is 35.0 Å². The van der Waals surface area contributed by atoms with Crippen LogP contribution in [0.2, 0.25) is 5.02 Å². The predicted molar refractivity (Wildman–Crippen MR) is 216 cm³/mol. The molecule has 3 saturated heterocycles. The van der Waals surface area contributed by atoms with Gasteiger partial charge in [0.2, 0.25) is 17.8 Å². The van der Waals surface area contributed by atoms with E-state index in [4.69, 9.17) is 21.3 Å². The van der Waals surface area contributed by atoms with Gasteiger partial charge in [-0.15, -0.1) is 0 Å². The van der Waals surface area contributed by atoms with Crippen LogP contribution in [0.3, 0.4) is 0 Å². The molecule has 308 valence electrons. The Balaban J connectivity index is 0.875. The Labute approximate surface area is 342 Å². The number of benzene rings is 2. The second kappa shape index (κ2) is 15.9. The number of hydrogen-bond donors (Lipinski definition) is 3. The van der Waals surface area contributed by atoms with Crippen LogP contribution < -0.4 is 36.0 Å². The van der Waals surface area contributed by atoms with Crippen LogP contribution in [0.15, 0.2) is 53.5 Å². The molecule has 2 aromatic carbocycles. The van der Waals surface area contributed by atoms with Crippen LogP contribution in [-0.4, -0.2) is 125 Å². The van der Waals surface area contributed by atoms with Crippen molar-refractivity contribution in [1.29, 1.82) is 0 Å². The molecule has 17 nitrogen and oxygen atoms in total. The normalized spacial score (nSPS) is 19.5. The number of aromatic nitrogens is 3. The average Bonchev–Trinajstić information content (AvgIpc) is 3.48. The first-order valence-corrected chi connectivity index (χ1v) is 19.7. The van der Waals surface area contributed by atoms with E-state index in [-0.39, 0.29) is 67.2 Å². The summed E-state index contributed by atoms with van der Waals surface area (Å²) in [5.41, 5.74) is 0.413. The first kappa shape index (κ1) is 39.7. The van der Waals surface area contributed by atoms with Crippen LogP contribution in [0.1, 0.15) is 46.4 Å². The minimum atomic E-state index is -1.47. The van der Waals surface area contributed by atoms with Crippen LogP contribution in [0.5, 0.6) is 5.75 Å². The van der Waals surface area contributed by atoms with Gasteiger partial charge in [-0.2, -0.15) is 4.98 Å². The molecule has 5 amide bonds. The fourth-order valence-corrected chi connectivity index (χ4v) is 8.30. The maximum absolute atomic E-state index is 16.4. The summed E-state index contributed by atoms with van der Waals surface area (Å²) in [6.07, 6.45) is 2.07. The Morgan fingerprint density at radius 1 is 1.00 bits per heavy atom. The van der Waals surface area contributed by atoms with Gasteiger partial charge in [0.25, 0.3) is 23.3 Å². The van der Waals surface area contributed by atoms with Crippen LogP contribution >= 0.6 is 11.6 Å². The monoisotopic (exact) mass is 828 g/mol. The van der Waals surface area contributed by atoms with Gasteiger partial charge in [-0.25, -0.2) is 9.37 Å². The van der Waals surface area contributed by atoms with E-state index in [1.807, 2.05) is 15.9 Å². The summed E-state index contributed by atoms with van der Waals surface area (Å²) in [5.74, 6) is -1.74. The van der Waals surface area contributed by atoms with Crippen molar-refractivity contribution in [3.8, 4) is 5.75 Å². The molecule has 0 radical (unpaired) electrons. The number of pyridine rings is 1. The number of amides is 5. The number of ether oxygens (including phenoxy) is 1. The lowest BCUT2D eigenvalue weighted by molar-refractivity contribution is -0.136. The summed E-state index contributed by atoms with van der Waals surface area (Å²) in [6, 6.07) is 10.9. The fourth-order valence-electron chi connectivity index (χ4n) is 8.16. The molecule has 0 saturated carbocycles. The van der Waals surface area contributed by atoms with E-state index in [2.05, 4.69) is 25.8 Å². The molecule has 0 bridgehead atoms. The Morgan fingerprint density at radius 2 is 1.76 bits per heavy atom. The van der Waals surface area contributed by atoms with E-state index >= 15 is 4.39 Å². The topological polar surface area (TPSA) is 191 Å². The van der Waals surface area contributed by atoms with E-state index in [0.29, 0.717) is 78.3 Å². The summed E-state index contributed by atoms with van der Waals surface area (Å²) < 4.78 is 23.4. The number of nitrogens with one attached hydrogen (secondary N) is 3. The Kier molecular flexibility index (Phi) is 10.7. The predicted octanol–water partition coefficient (Wildman–Crippen LogP) is 2.38. The van der Waals surface area contributed by atoms with Crippen molar-refractivity contribution in [2.24, 2.45) is 7.05 Å². The number of hydrogen-bond acceptors (Lipinski definition) is 13. The number of nitrogens with zero attached hydrogens (tertiary/aromatic N) is 7. The molecule has 1 atom stereocenters. The molecule has 1 unspecified atom stereocenters.